The first-order valence-electron chi connectivity index (χ1n) is 7.79. The number of nitrogens with one attached hydrogen (secondary N) is 1. The standard InChI is InChI=1S/C17H27NO2/c1-5-12(3)9-15(6-2)18-13(4)14-7-8-16-17(10-14)20-11-19-16/h7-8,10,12-13,15,18H,5-6,9,11H2,1-4H3. The van der Waals surface area contributed by atoms with Crippen molar-refractivity contribution in [1.82, 2.24) is 5.32 Å². The molecule has 0 amide bonds. The Kier molecular flexibility index (Phi) is 5.30. The van der Waals surface area contributed by atoms with E-state index in [-0.39, 0.29) is 0 Å². The molecule has 20 heavy (non-hydrogen) atoms. The summed E-state index contributed by atoms with van der Waals surface area (Å²) < 4.78 is 10.8. The summed E-state index contributed by atoms with van der Waals surface area (Å²) in [7, 11) is 0. The summed E-state index contributed by atoms with van der Waals surface area (Å²) in [6.45, 7) is 9.41. The third-order valence-electron chi connectivity index (χ3n) is 4.26. The van der Waals surface area contributed by atoms with Gasteiger partial charge in [0.05, 0.1) is 0 Å². The summed E-state index contributed by atoms with van der Waals surface area (Å²) >= 11 is 0. The maximum absolute atomic E-state index is 5.45. The molecule has 3 heteroatoms. The van der Waals surface area contributed by atoms with Gasteiger partial charge in [0, 0.05) is 12.1 Å². The maximum Gasteiger partial charge on any atom is 0.231 e. The van der Waals surface area contributed by atoms with Crippen molar-refractivity contribution in [1.29, 1.82) is 0 Å². The number of hydrogen-bond donors (Lipinski definition) is 1. The molecular weight excluding hydrogens is 250 g/mol. The van der Waals surface area contributed by atoms with Gasteiger partial charge in [-0.3, -0.25) is 0 Å². The predicted octanol–water partition coefficient (Wildman–Crippen LogP) is 4.28. The highest BCUT2D eigenvalue weighted by Crippen LogP contribution is 2.34. The van der Waals surface area contributed by atoms with Crippen LogP contribution in [0.2, 0.25) is 0 Å². The molecule has 0 radical (unpaired) electrons. The van der Waals surface area contributed by atoms with Crippen molar-refractivity contribution in [2.24, 2.45) is 5.92 Å². The van der Waals surface area contributed by atoms with E-state index in [1.807, 2.05) is 6.07 Å². The molecule has 3 unspecified atom stereocenters. The molecule has 0 aliphatic carbocycles. The zero-order chi connectivity index (χ0) is 14.5. The Labute approximate surface area is 122 Å². The van der Waals surface area contributed by atoms with E-state index in [9.17, 15) is 0 Å². The summed E-state index contributed by atoms with van der Waals surface area (Å²) in [5.41, 5.74) is 1.26. The number of hydrogen-bond acceptors (Lipinski definition) is 3. The zero-order valence-corrected chi connectivity index (χ0v) is 13.1. The fourth-order valence-electron chi connectivity index (χ4n) is 2.64. The molecule has 0 aromatic heterocycles. The molecule has 1 aromatic rings. The van der Waals surface area contributed by atoms with Crippen LogP contribution in [-0.2, 0) is 0 Å². The molecule has 112 valence electrons. The zero-order valence-electron chi connectivity index (χ0n) is 13.1. The van der Waals surface area contributed by atoms with Crippen molar-refractivity contribution in [3.8, 4) is 11.5 Å². The lowest BCUT2D eigenvalue weighted by molar-refractivity contribution is 0.174. The van der Waals surface area contributed by atoms with Crippen molar-refractivity contribution in [3.05, 3.63) is 23.8 Å². The van der Waals surface area contributed by atoms with Crippen LogP contribution >= 0.6 is 0 Å². The van der Waals surface area contributed by atoms with Crippen molar-refractivity contribution >= 4 is 0 Å². The first kappa shape index (κ1) is 15.2. The Hall–Kier alpha value is -1.22. The molecule has 0 saturated carbocycles. The number of fused-ring (bicyclic) bond motifs is 1. The molecule has 1 heterocycles. The molecule has 0 saturated heterocycles. The Morgan fingerprint density at radius 2 is 1.85 bits per heavy atom. The van der Waals surface area contributed by atoms with Gasteiger partial charge in [-0.15, -0.1) is 0 Å². The normalized spacial score (nSPS) is 17.8. The molecule has 1 aliphatic rings. The Morgan fingerprint density at radius 1 is 1.10 bits per heavy atom. The lowest BCUT2D eigenvalue weighted by atomic mass is 9.96. The lowest BCUT2D eigenvalue weighted by Gasteiger charge is -2.25. The minimum Gasteiger partial charge on any atom is -0.454 e. The molecule has 1 N–H and O–H groups in total. The minimum atomic E-state index is 0.332. The van der Waals surface area contributed by atoms with Gasteiger partial charge >= 0.3 is 0 Å². The quantitative estimate of drug-likeness (QED) is 0.807. The third-order valence-corrected chi connectivity index (χ3v) is 4.26. The Balaban J connectivity index is 1.98. The van der Waals surface area contributed by atoms with Crippen molar-refractivity contribution in [2.45, 2.75) is 59.0 Å². The highest BCUT2D eigenvalue weighted by molar-refractivity contribution is 5.45. The second-order valence-electron chi connectivity index (χ2n) is 5.86. The summed E-state index contributed by atoms with van der Waals surface area (Å²) in [5.74, 6) is 2.50. The summed E-state index contributed by atoms with van der Waals surface area (Å²) in [5, 5.41) is 3.74. The summed E-state index contributed by atoms with van der Waals surface area (Å²) in [6, 6.07) is 7.13. The molecule has 1 aromatic carbocycles. The van der Waals surface area contributed by atoms with Crippen molar-refractivity contribution in [3.63, 3.8) is 0 Å². The molecule has 3 nitrogen and oxygen atoms in total. The molecule has 1 aliphatic heterocycles. The van der Waals surface area contributed by atoms with E-state index in [0.717, 1.165) is 17.4 Å². The van der Waals surface area contributed by atoms with E-state index in [0.29, 0.717) is 18.9 Å². The molecule has 0 fully saturated rings. The smallest absolute Gasteiger partial charge is 0.231 e. The first-order valence-corrected chi connectivity index (χ1v) is 7.79. The van der Waals surface area contributed by atoms with Gasteiger partial charge in [0.15, 0.2) is 11.5 Å². The van der Waals surface area contributed by atoms with Crippen molar-refractivity contribution in [2.75, 3.05) is 6.79 Å². The lowest BCUT2D eigenvalue weighted by Crippen LogP contribution is -2.32. The van der Waals surface area contributed by atoms with Crippen LogP contribution in [0, 0.1) is 5.92 Å². The minimum absolute atomic E-state index is 0.332. The second kappa shape index (κ2) is 6.98. The van der Waals surface area contributed by atoms with Crippen LogP contribution in [-0.4, -0.2) is 12.8 Å². The molecule has 0 spiro atoms. The highest BCUT2D eigenvalue weighted by Gasteiger charge is 2.18. The van der Waals surface area contributed by atoms with Crippen LogP contribution in [0.15, 0.2) is 18.2 Å². The van der Waals surface area contributed by atoms with Gasteiger partial charge in [-0.1, -0.05) is 33.3 Å². The fraction of sp³-hybridized carbons (Fsp3) is 0.647. The van der Waals surface area contributed by atoms with Gasteiger partial charge in [0.2, 0.25) is 6.79 Å². The van der Waals surface area contributed by atoms with Crippen LogP contribution < -0.4 is 14.8 Å². The van der Waals surface area contributed by atoms with E-state index in [1.54, 1.807) is 0 Å². The molecule has 2 rings (SSSR count). The van der Waals surface area contributed by atoms with Gasteiger partial charge in [-0.25, -0.2) is 0 Å². The molecular formula is C17H27NO2. The van der Waals surface area contributed by atoms with Crippen LogP contribution in [0.3, 0.4) is 0 Å². The van der Waals surface area contributed by atoms with Gasteiger partial charge in [-0.2, -0.15) is 0 Å². The highest BCUT2D eigenvalue weighted by atomic mass is 16.7. The number of ether oxygens (including phenoxy) is 2. The summed E-state index contributed by atoms with van der Waals surface area (Å²) in [6.07, 6.45) is 3.65. The molecule has 0 bridgehead atoms. The van der Waals surface area contributed by atoms with Gasteiger partial charge < -0.3 is 14.8 Å². The van der Waals surface area contributed by atoms with Crippen LogP contribution in [0.25, 0.3) is 0 Å². The largest absolute Gasteiger partial charge is 0.454 e. The number of rotatable bonds is 7. The summed E-state index contributed by atoms with van der Waals surface area (Å²) in [4.78, 5) is 0. The monoisotopic (exact) mass is 277 g/mol. The predicted molar refractivity (Wildman–Crippen MR) is 82.3 cm³/mol. The van der Waals surface area contributed by atoms with Gasteiger partial charge in [0.1, 0.15) is 0 Å². The fourth-order valence-corrected chi connectivity index (χ4v) is 2.64. The van der Waals surface area contributed by atoms with E-state index >= 15 is 0 Å². The van der Waals surface area contributed by atoms with Crippen molar-refractivity contribution < 1.29 is 9.47 Å². The molecule has 3 atom stereocenters. The van der Waals surface area contributed by atoms with E-state index in [2.05, 4.69) is 45.1 Å². The van der Waals surface area contributed by atoms with Crippen LogP contribution in [0.4, 0.5) is 0 Å². The van der Waals surface area contributed by atoms with Crippen LogP contribution in [0.1, 0.15) is 58.6 Å². The van der Waals surface area contributed by atoms with Crippen LogP contribution in [0.5, 0.6) is 11.5 Å². The second-order valence-corrected chi connectivity index (χ2v) is 5.86. The number of benzene rings is 1. The Bertz CT molecular complexity index is 433. The first-order chi connectivity index (χ1) is 9.63. The third kappa shape index (κ3) is 3.66. The average molecular weight is 277 g/mol. The Morgan fingerprint density at radius 3 is 2.55 bits per heavy atom. The average Bonchev–Trinajstić information content (AvgIpc) is 2.93. The maximum atomic E-state index is 5.45. The van der Waals surface area contributed by atoms with Gasteiger partial charge in [0.25, 0.3) is 0 Å². The topological polar surface area (TPSA) is 30.5 Å². The van der Waals surface area contributed by atoms with Gasteiger partial charge in [-0.05, 0) is 43.4 Å². The SMILES string of the molecule is CCC(C)CC(CC)NC(C)c1ccc2c(c1)OCO2. The van der Waals surface area contributed by atoms with E-state index < -0.39 is 0 Å². The van der Waals surface area contributed by atoms with E-state index in [1.165, 1.54) is 24.8 Å². The van der Waals surface area contributed by atoms with E-state index in [4.69, 9.17) is 9.47 Å².